The highest BCUT2D eigenvalue weighted by Gasteiger charge is 2.30. The van der Waals surface area contributed by atoms with Crippen LogP contribution < -0.4 is 14.2 Å². The summed E-state index contributed by atoms with van der Waals surface area (Å²) in [5, 5.41) is 19.6. The van der Waals surface area contributed by atoms with E-state index in [1.807, 2.05) is 25.3 Å². The van der Waals surface area contributed by atoms with E-state index >= 15 is 0 Å². The normalized spacial score (nSPS) is 14.6. The standard InChI is InChI=1S/C39H40ClF3N8O5S/c1-24-28(8-9-30(35(24)40)54-17-16-50-14-12-48(2)13-15-50)33-34-32(20-44-36(33)26-19-46-49(3)21-26)57-47-37(34)56-31(38(52)53)18-25-6-4-5-7-29(25)55-22-27-10-11-45-51(27)23-39(41,42)43/h4-11,19-21,31H,12-18,22-23H2,1-3H3,(H,52,53). The van der Waals surface area contributed by atoms with Crippen molar-refractivity contribution in [1.82, 2.24) is 38.7 Å². The average Bonchev–Trinajstić information content (AvgIpc) is 3.92. The van der Waals surface area contributed by atoms with Gasteiger partial charge < -0.3 is 24.2 Å². The van der Waals surface area contributed by atoms with Crippen molar-refractivity contribution in [3.05, 3.63) is 89.1 Å². The van der Waals surface area contributed by atoms with Crippen molar-refractivity contribution in [3.8, 4) is 39.8 Å². The fourth-order valence-corrected chi connectivity index (χ4v) is 7.60. The van der Waals surface area contributed by atoms with Gasteiger partial charge in [0, 0.05) is 75.9 Å². The molecule has 0 bridgehead atoms. The number of aryl methyl sites for hydroxylation is 1. The number of pyridine rings is 1. The lowest BCUT2D eigenvalue weighted by Crippen LogP contribution is -2.45. The van der Waals surface area contributed by atoms with Crippen LogP contribution >= 0.6 is 23.1 Å². The first-order valence-corrected chi connectivity index (χ1v) is 19.3. The number of likely N-dealkylation sites (N-methyl/N-ethyl adjacent to an activating group) is 1. The van der Waals surface area contributed by atoms with Gasteiger partial charge in [-0.25, -0.2) is 4.79 Å². The van der Waals surface area contributed by atoms with Crippen LogP contribution in [0.15, 0.2) is 67.3 Å². The van der Waals surface area contributed by atoms with E-state index in [1.165, 1.54) is 12.3 Å². The quantitative estimate of drug-likeness (QED) is 0.118. The summed E-state index contributed by atoms with van der Waals surface area (Å²) < 4.78 is 65.4. The van der Waals surface area contributed by atoms with Crippen molar-refractivity contribution < 1.29 is 37.3 Å². The van der Waals surface area contributed by atoms with Gasteiger partial charge in [0.1, 0.15) is 31.3 Å². The molecule has 1 fully saturated rings. The molecule has 1 atom stereocenters. The highest BCUT2D eigenvalue weighted by molar-refractivity contribution is 7.13. The third-order valence-electron chi connectivity index (χ3n) is 9.76. The lowest BCUT2D eigenvalue weighted by Gasteiger charge is -2.32. The summed E-state index contributed by atoms with van der Waals surface area (Å²) in [6.07, 6.45) is 0.413. The van der Waals surface area contributed by atoms with Crippen molar-refractivity contribution in [2.45, 2.75) is 38.8 Å². The number of hydrogen-bond donors (Lipinski definition) is 1. The van der Waals surface area contributed by atoms with E-state index in [0.29, 0.717) is 49.8 Å². The number of piperazine rings is 1. The van der Waals surface area contributed by atoms with E-state index in [0.717, 1.165) is 60.1 Å². The predicted octanol–water partition coefficient (Wildman–Crippen LogP) is 6.76. The minimum atomic E-state index is -4.47. The maximum atomic E-state index is 13.1. The number of nitrogens with zero attached hydrogens (tertiary/aromatic N) is 8. The number of halogens is 4. The Morgan fingerprint density at radius 3 is 2.54 bits per heavy atom. The molecular weight excluding hydrogens is 785 g/mol. The highest BCUT2D eigenvalue weighted by atomic mass is 35.5. The van der Waals surface area contributed by atoms with Crippen LogP contribution in [0, 0.1) is 6.92 Å². The van der Waals surface area contributed by atoms with Crippen LogP contribution in [0.4, 0.5) is 13.2 Å². The van der Waals surface area contributed by atoms with Gasteiger partial charge in [0.15, 0.2) is 0 Å². The molecule has 1 unspecified atom stereocenters. The molecule has 2 aromatic carbocycles. The Morgan fingerprint density at radius 2 is 1.81 bits per heavy atom. The topological polar surface area (TPSA) is 133 Å². The number of carboxylic acids is 1. The fraction of sp³-hybridized carbons (Fsp3) is 0.359. The molecule has 1 N–H and O–H groups in total. The van der Waals surface area contributed by atoms with Gasteiger partial charge >= 0.3 is 12.1 Å². The molecule has 57 heavy (non-hydrogen) atoms. The Morgan fingerprint density at radius 1 is 1.02 bits per heavy atom. The summed E-state index contributed by atoms with van der Waals surface area (Å²) in [5.74, 6) is -0.334. The van der Waals surface area contributed by atoms with Crippen LogP contribution in [0.25, 0.3) is 32.5 Å². The lowest BCUT2D eigenvalue weighted by molar-refractivity contribution is -0.145. The molecule has 1 aliphatic heterocycles. The van der Waals surface area contributed by atoms with Crippen LogP contribution in [-0.4, -0.2) is 108 Å². The molecular formula is C39H40ClF3N8O5S. The number of alkyl halides is 3. The second kappa shape index (κ2) is 17.1. The molecule has 0 saturated carbocycles. The molecule has 7 rings (SSSR count). The molecule has 1 aliphatic rings. The van der Waals surface area contributed by atoms with Gasteiger partial charge in [-0.05, 0) is 60.4 Å². The summed E-state index contributed by atoms with van der Waals surface area (Å²) in [6.45, 7) is 5.62. The van der Waals surface area contributed by atoms with Gasteiger partial charge in [-0.1, -0.05) is 35.9 Å². The SMILES string of the molecule is Cc1c(-c2c(-c3cnn(C)c3)ncc3snc(OC(Cc4ccccc4OCc4ccnn4CC(F)(F)F)C(=O)O)c23)ccc(OCCN2CCN(C)CC2)c1Cl. The second-order valence-electron chi connectivity index (χ2n) is 13.8. The Labute approximate surface area is 335 Å². The number of aromatic nitrogens is 6. The smallest absolute Gasteiger partial charge is 0.408 e. The minimum Gasteiger partial charge on any atom is -0.491 e. The summed E-state index contributed by atoms with van der Waals surface area (Å²) in [6, 6.07) is 11.9. The third kappa shape index (κ3) is 9.33. The molecule has 18 heteroatoms. The van der Waals surface area contributed by atoms with Crippen LogP contribution in [0.5, 0.6) is 17.4 Å². The second-order valence-corrected chi connectivity index (χ2v) is 15.0. The van der Waals surface area contributed by atoms with Gasteiger partial charge in [-0.2, -0.15) is 27.7 Å². The maximum Gasteiger partial charge on any atom is 0.408 e. The average molecular weight is 825 g/mol. The van der Waals surface area contributed by atoms with E-state index in [2.05, 4.69) is 31.4 Å². The maximum absolute atomic E-state index is 13.1. The van der Waals surface area contributed by atoms with Crippen molar-refractivity contribution in [1.29, 1.82) is 0 Å². The van der Waals surface area contributed by atoms with E-state index in [9.17, 15) is 23.1 Å². The molecule has 4 aromatic heterocycles. The molecule has 5 heterocycles. The monoisotopic (exact) mass is 824 g/mol. The third-order valence-corrected chi connectivity index (χ3v) is 11.0. The number of aliphatic carboxylic acids is 1. The molecule has 13 nitrogen and oxygen atoms in total. The van der Waals surface area contributed by atoms with Gasteiger partial charge in [0.05, 0.1) is 32.7 Å². The Balaban J connectivity index is 1.18. The number of hydrogen-bond acceptors (Lipinski definition) is 11. The summed E-state index contributed by atoms with van der Waals surface area (Å²) in [7, 11) is 3.92. The van der Waals surface area contributed by atoms with Crippen LogP contribution in [0.2, 0.25) is 5.02 Å². The molecule has 1 saturated heterocycles. The predicted molar refractivity (Wildman–Crippen MR) is 209 cm³/mol. The Kier molecular flexibility index (Phi) is 12.0. The lowest BCUT2D eigenvalue weighted by atomic mass is 9.94. The summed E-state index contributed by atoms with van der Waals surface area (Å²) in [5.41, 5.74) is 4.04. The molecule has 0 amide bonds. The number of carbonyl (C=O) groups is 1. The van der Waals surface area contributed by atoms with Crippen LogP contribution in [-0.2, 0) is 31.4 Å². The summed E-state index contributed by atoms with van der Waals surface area (Å²) in [4.78, 5) is 22.3. The zero-order valence-corrected chi connectivity index (χ0v) is 32.9. The fourth-order valence-electron chi connectivity index (χ4n) is 6.69. The van der Waals surface area contributed by atoms with Crippen molar-refractivity contribution >= 4 is 39.2 Å². The van der Waals surface area contributed by atoms with Crippen LogP contribution in [0.3, 0.4) is 0 Å². The number of rotatable bonds is 15. The number of ether oxygens (including phenoxy) is 3. The molecule has 6 aromatic rings. The number of fused-ring (bicyclic) bond motifs is 1. The van der Waals surface area contributed by atoms with Gasteiger partial charge in [-0.15, -0.1) is 0 Å². The molecule has 0 spiro atoms. The Bertz CT molecular complexity index is 2360. The van der Waals surface area contributed by atoms with Gasteiger partial charge in [0.25, 0.3) is 0 Å². The van der Waals surface area contributed by atoms with Crippen molar-refractivity contribution in [3.63, 3.8) is 0 Å². The number of para-hydroxylation sites is 1. The zero-order valence-electron chi connectivity index (χ0n) is 31.4. The van der Waals surface area contributed by atoms with E-state index in [-0.39, 0.29) is 30.4 Å². The van der Waals surface area contributed by atoms with E-state index in [1.54, 1.807) is 48.4 Å². The molecule has 0 radical (unpaired) electrons. The van der Waals surface area contributed by atoms with E-state index in [4.69, 9.17) is 30.8 Å². The summed E-state index contributed by atoms with van der Waals surface area (Å²) >= 11 is 8.13. The Hall–Kier alpha value is -5.23. The van der Waals surface area contributed by atoms with Crippen molar-refractivity contribution in [2.75, 3.05) is 46.4 Å². The first kappa shape index (κ1) is 40.0. The first-order valence-electron chi connectivity index (χ1n) is 18.1. The molecule has 300 valence electrons. The van der Waals surface area contributed by atoms with Gasteiger partial charge in [-0.3, -0.25) is 19.2 Å². The highest BCUT2D eigenvalue weighted by Crippen LogP contribution is 2.46. The molecule has 0 aliphatic carbocycles. The first-order chi connectivity index (χ1) is 27.3. The van der Waals surface area contributed by atoms with E-state index < -0.39 is 24.8 Å². The number of carboxylic acid groups (broad SMARTS) is 1. The van der Waals surface area contributed by atoms with Crippen LogP contribution in [0.1, 0.15) is 16.8 Å². The minimum absolute atomic E-state index is 0.0856. The van der Waals surface area contributed by atoms with Crippen molar-refractivity contribution in [2.24, 2.45) is 7.05 Å². The largest absolute Gasteiger partial charge is 0.491 e. The zero-order chi connectivity index (χ0) is 40.3. The number of benzene rings is 2. The van der Waals surface area contributed by atoms with Gasteiger partial charge in [0.2, 0.25) is 12.0 Å².